The van der Waals surface area contributed by atoms with Crippen molar-refractivity contribution in [1.82, 2.24) is 9.78 Å². The summed E-state index contributed by atoms with van der Waals surface area (Å²) >= 11 is 3.38. The minimum atomic E-state index is -0.372. The predicted octanol–water partition coefficient (Wildman–Crippen LogP) is 3.05. The molecule has 0 saturated heterocycles. The number of carbonyl (C=O) groups excluding carboxylic acids is 1. The zero-order valence-corrected chi connectivity index (χ0v) is 12.2. The number of hydrogen-bond acceptors (Lipinski definition) is 3. The number of aryl methyl sites for hydroxylation is 1. The van der Waals surface area contributed by atoms with Gasteiger partial charge < -0.3 is 4.74 Å². The van der Waals surface area contributed by atoms with Crippen LogP contribution in [0.25, 0.3) is 0 Å². The highest BCUT2D eigenvalue weighted by atomic mass is 79.9. The van der Waals surface area contributed by atoms with E-state index in [0.717, 1.165) is 17.4 Å². The van der Waals surface area contributed by atoms with Crippen LogP contribution in [-0.2, 0) is 11.3 Å². The van der Waals surface area contributed by atoms with E-state index in [0.29, 0.717) is 18.7 Å². The lowest BCUT2D eigenvalue weighted by molar-refractivity contribution is 0.0433. The maximum Gasteiger partial charge on any atom is 0.210 e. The van der Waals surface area contributed by atoms with E-state index in [-0.39, 0.29) is 11.9 Å². The van der Waals surface area contributed by atoms with E-state index in [2.05, 4.69) is 28.0 Å². The molecule has 0 aliphatic rings. The van der Waals surface area contributed by atoms with Crippen LogP contribution in [0.5, 0.6) is 0 Å². The van der Waals surface area contributed by atoms with Gasteiger partial charge in [-0.15, -0.1) is 0 Å². The zero-order valence-electron chi connectivity index (χ0n) is 10.6. The molecule has 1 heterocycles. The second-order valence-corrected chi connectivity index (χ2v) is 4.64. The minimum absolute atomic E-state index is 0.00664. The minimum Gasteiger partial charge on any atom is -0.370 e. The van der Waals surface area contributed by atoms with Crippen LogP contribution in [-0.4, -0.2) is 28.3 Å². The van der Waals surface area contributed by atoms with Crippen molar-refractivity contribution in [1.29, 1.82) is 0 Å². The van der Waals surface area contributed by atoms with Gasteiger partial charge in [0.1, 0.15) is 11.8 Å². The fourth-order valence-electron chi connectivity index (χ4n) is 1.72. The molecule has 0 saturated carbocycles. The third-order valence-electron chi connectivity index (χ3n) is 2.49. The zero-order chi connectivity index (χ0) is 12.8. The molecule has 1 aromatic rings. The standard InChI is InChI=1S/C12H19BrN2O2/c1-4-7-15-11(9(13)8-14-15)12(16)10(5-2)17-6-3/h8,10H,4-7H2,1-3H3. The average Bonchev–Trinajstić information content (AvgIpc) is 2.67. The molecule has 0 spiro atoms. The number of carbonyl (C=O) groups is 1. The monoisotopic (exact) mass is 302 g/mol. The quantitative estimate of drug-likeness (QED) is 0.727. The number of Topliss-reactive ketones (excluding diaryl/α,β-unsaturated/α-hetero) is 1. The summed E-state index contributed by atoms with van der Waals surface area (Å²) in [5.74, 6) is 0.00664. The van der Waals surface area contributed by atoms with Gasteiger partial charge in [0.15, 0.2) is 0 Å². The molecule has 0 radical (unpaired) electrons. The third kappa shape index (κ3) is 3.39. The Morgan fingerprint density at radius 3 is 2.76 bits per heavy atom. The van der Waals surface area contributed by atoms with E-state index in [1.807, 2.05) is 13.8 Å². The van der Waals surface area contributed by atoms with Crippen LogP contribution in [0.4, 0.5) is 0 Å². The van der Waals surface area contributed by atoms with Crippen LogP contribution in [0.2, 0.25) is 0 Å². The second kappa shape index (κ2) is 6.91. The Morgan fingerprint density at radius 1 is 1.53 bits per heavy atom. The molecular weight excluding hydrogens is 284 g/mol. The molecule has 0 N–H and O–H groups in total. The molecule has 0 aliphatic carbocycles. The average molecular weight is 303 g/mol. The molecule has 96 valence electrons. The Labute approximate surface area is 110 Å². The van der Waals surface area contributed by atoms with E-state index in [1.165, 1.54) is 0 Å². The van der Waals surface area contributed by atoms with E-state index in [4.69, 9.17) is 4.74 Å². The number of halogens is 1. The highest BCUT2D eigenvalue weighted by molar-refractivity contribution is 9.10. The lowest BCUT2D eigenvalue weighted by Gasteiger charge is -2.15. The van der Waals surface area contributed by atoms with Crippen molar-refractivity contribution in [3.05, 3.63) is 16.4 Å². The Kier molecular flexibility index (Phi) is 5.85. The van der Waals surface area contributed by atoms with Crippen LogP contribution < -0.4 is 0 Å². The van der Waals surface area contributed by atoms with Crippen LogP contribution in [0, 0.1) is 0 Å². The smallest absolute Gasteiger partial charge is 0.210 e. The second-order valence-electron chi connectivity index (χ2n) is 3.78. The molecule has 0 amide bonds. The molecule has 1 rings (SSSR count). The van der Waals surface area contributed by atoms with E-state index >= 15 is 0 Å². The van der Waals surface area contributed by atoms with Crippen molar-refractivity contribution in [3.63, 3.8) is 0 Å². The van der Waals surface area contributed by atoms with Crippen LogP contribution >= 0.6 is 15.9 Å². The van der Waals surface area contributed by atoms with Crippen LogP contribution in [0.15, 0.2) is 10.7 Å². The van der Waals surface area contributed by atoms with Crippen molar-refractivity contribution in [2.45, 2.75) is 46.3 Å². The first-order chi connectivity index (χ1) is 8.15. The van der Waals surface area contributed by atoms with Gasteiger partial charge in [0.25, 0.3) is 0 Å². The van der Waals surface area contributed by atoms with Gasteiger partial charge >= 0.3 is 0 Å². The summed E-state index contributed by atoms with van der Waals surface area (Å²) in [6.07, 6.45) is 2.92. The fourth-order valence-corrected chi connectivity index (χ4v) is 2.21. The molecular formula is C12H19BrN2O2. The third-order valence-corrected chi connectivity index (χ3v) is 3.07. The van der Waals surface area contributed by atoms with Gasteiger partial charge in [0.05, 0.1) is 10.7 Å². The summed E-state index contributed by atoms with van der Waals surface area (Å²) in [5.41, 5.74) is 0.618. The van der Waals surface area contributed by atoms with Crippen LogP contribution in [0.1, 0.15) is 44.1 Å². The number of ether oxygens (including phenoxy) is 1. The van der Waals surface area contributed by atoms with Gasteiger partial charge in [-0.3, -0.25) is 9.48 Å². The SMILES string of the molecule is CCCn1ncc(Br)c1C(=O)C(CC)OCC. The molecule has 0 aromatic carbocycles. The normalized spacial score (nSPS) is 12.7. The first kappa shape index (κ1) is 14.4. The van der Waals surface area contributed by atoms with Gasteiger partial charge in [-0.1, -0.05) is 13.8 Å². The molecule has 1 aromatic heterocycles. The van der Waals surface area contributed by atoms with Crippen molar-refractivity contribution in [2.24, 2.45) is 0 Å². The lowest BCUT2D eigenvalue weighted by atomic mass is 10.1. The van der Waals surface area contributed by atoms with Gasteiger partial charge in [-0.2, -0.15) is 5.10 Å². The molecule has 1 atom stereocenters. The van der Waals surface area contributed by atoms with Crippen molar-refractivity contribution in [3.8, 4) is 0 Å². The Morgan fingerprint density at radius 2 is 2.24 bits per heavy atom. The predicted molar refractivity (Wildman–Crippen MR) is 70.3 cm³/mol. The topological polar surface area (TPSA) is 44.1 Å². The Hall–Kier alpha value is -0.680. The van der Waals surface area contributed by atoms with Gasteiger partial charge in [-0.05, 0) is 35.7 Å². The molecule has 0 aliphatic heterocycles. The summed E-state index contributed by atoms with van der Waals surface area (Å²) < 4.78 is 7.94. The molecule has 0 bridgehead atoms. The van der Waals surface area contributed by atoms with Crippen LogP contribution in [0.3, 0.4) is 0 Å². The fraction of sp³-hybridized carbons (Fsp3) is 0.667. The Bertz CT molecular complexity index is 377. The highest BCUT2D eigenvalue weighted by Crippen LogP contribution is 2.20. The first-order valence-electron chi connectivity index (χ1n) is 6.02. The lowest BCUT2D eigenvalue weighted by Crippen LogP contribution is -2.26. The molecule has 4 nitrogen and oxygen atoms in total. The maximum atomic E-state index is 12.3. The van der Waals surface area contributed by atoms with Gasteiger partial charge in [-0.25, -0.2) is 0 Å². The maximum absolute atomic E-state index is 12.3. The van der Waals surface area contributed by atoms with Crippen molar-refractivity contribution >= 4 is 21.7 Å². The number of ketones is 1. The summed E-state index contributed by atoms with van der Waals surface area (Å²) in [7, 11) is 0. The summed E-state index contributed by atoms with van der Waals surface area (Å²) in [5, 5.41) is 4.20. The first-order valence-corrected chi connectivity index (χ1v) is 6.82. The van der Waals surface area contributed by atoms with Crippen molar-refractivity contribution in [2.75, 3.05) is 6.61 Å². The summed E-state index contributed by atoms with van der Waals surface area (Å²) in [4.78, 5) is 12.3. The van der Waals surface area contributed by atoms with Crippen molar-refractivity contribution < 1.29 is 9.53 Å². The number of hydrogen-bond donors (Lipinski definition) is 0. The molecule has 17 heavy (non-hydrogen) atoms. The summed E-state index contributed by atoms with van der Waals surface area (Å²) in [6, 6.07) is 0. The van der Waals surface area contributed by atoms with Gasteiger partial charge in [0.2, 0.25) is 5.78 Å². The van der Waals surface area contributed by atoms with Gasteiger partial charge in [0, 0.05) is 13.2 Å². The highest BCUT2D eigenvalue weighted by Gasteiger charge is 2.24. The van der Waals surface area contributed by atoms with E-state index < -0.39 is 0 Å². The number of rotatable bonds is 7. The van der Waals surface area contributed by atoms with E-state index in [1.54, 1.807) is 10.9 Å². The molecule has 1 unspecified atom stereocenters. The molecule has 5 heteroatoms. The largest absolute Gasteiger partial charge is 0.370 e. The molecule has 0 fully saturated rings. The number of aromatic nitrogens is 2. The summed E-state index contributed by atoms with van der Waals surface area (Å²) in [6.45, 7) is 7.20. The number of nitrogens with zero attached hydrogens (tertiary/aromatic N) is 2. The Balaban J connectivity index is 2.96. The van der Waals surface area contributed by atoms with E-state index in [9.17, 15) is 4.79 Å².